The summed E-state index contributed by atoms with van der Waals surface area (Å²) in [6.07, 6.45) is 5.55. The zero-order chi connectivity index (χ0) is 23.1. The van der Waals surface area contributed by atoms with Gasteiger partial charge in [-0.05, 0) is 49.1 Å². The first-order valence-electron chi connectivity index (χ1n) is 11.5. The van der Waals surface area contributed by atoms with Gasteiger partial charge in [0.1, 0.15) is 5.75 Å². The largest absolute Gasteiger partial charge is 0.495 e. The van der Waals surface area contributed by atoms with E-state index in [1.54, 1.807) is 26.4 Å². The first kappa shape index (κ1) is 21.6. The third-order valence-electron chi connectivity index (χ3n) is 6.76. The fraction of sp³-hybridized carbons (Fsp3) is 0.500. The minimum atomic E-state index is 0.114. The van der Waals surface area contributed by atoms with E-state index in [4.69, 9.17) is 9.72 Å². The lowest BCUT2D eigenvalue weighted by atomic mass is 9.99. The van der Waals surface area contributed by atoms with Crippen molar-refractivity contribution in [1.82, 2.24) is 29.5 Å². The Kier molecular flexibility index (Phi) is 5.65. The van der Waals surface area contributed by atoms with E-state index in [0.717, 1.165) is 54.9 Å². The number of hydrogen-bond donors (Lipinski definition) is 1. The van der Waals surface area contributed by atoms with Gasteiger partial charge in [-0.1, -0.05) is 6.92 Å². The van der Waals surface area contributed by atoms with Gasteiger partial charge in [0, 0.05) is 32.8 Å². The van der Waals surface area contributed by atoms with Crippen molar-refractivity contribution in [3.8, 4) is 5.75 Å². The molecule has 2 atom stereocenters. The number of rotatable bonds is 5. The van der Waals surface area contributed by atoms with Crippen molar-refractivity contribution in [2.75, 3.05) is 32.6 Å². The monoisotopic (exact) mass is 449 g/mol. The number of likely N-dealkylation sites (tertiary alicyclic amines) is 1. The van der Waals surface area contributed by atoms with E-state index in [1.165, 1.54) is 11.1 Å². The van der Waals surface area contributed by atoms with Crippen LogP contribution in [0.2, 0.25) is 0 Å². The van der Waals surface area contributed by atoms with Gasteiger partial charge < -0.3 is 19.9 Å². The number of amides is 1. The van der Waals surface area contributed by atoms with Crippen LogP contribution in [0.1, 0.15) is 31.4 Å². The molecule has 1 N–H and O–H groups in total. The predicted molar refractivity (Wildman–Crippen MR) is 127 cm³/mol. The molecular weight excluding hydrogens is 418 g/mol. The van der Waals surface area contributed by atoms with Gasteiger partial charge in [0.05, 0.1) is 37.0 Å². The van der Waals surface area contributed by atoms with E-state index in [9.17, 15) is 4.79 Å². The molecule has 33 heavy (non-hydrogen) atoms. The highest BCUT2D eigenvalue weighted by Crippen LogP contribution is 2.33. The first-order chi connectivity index (χ1) is 15.9. The number of benzene rings is 1. The molecule has 9 nitrogen and oxygen atoms in total. The van der Waals surface area contributed by atoms with Gasteiger partial charge in [0.25, 0.3) is 0 Å². The lowest BCUT2D eigenvalue weighted by Gasteiger charge is -2.26. The molecule has 0 bridgehead atoms. The summed E-state index contributed by atoms with van der Waals surface area (Å²) in [5.74, 6) is 1.88. The van der Waals surface area contributed by atoms with Crippen molar-refractivity contribution < 1.29 is 9.53 Å². The molecule has 1 amide bonds. The zero-order valence-electron chi connectivity index (χ0n) is 19.7. The van der Waals surface area contributed by atoms with E-state index < -0.39 is 0 Å². The summed E-state index contributed by atoms with van der Waals surface area (Å²) < 4.78 is 7.54. The van der Waals surface area contributed by atoms with E-state index in [-0.39, 0.29) is 11.9 Å². The Labute approximate surface area is 193 Å². The van der Waals surface area contributed by atoms with Crippen LogP contribution in [0.15, 0.2) is 24.5 Å². The topological polar surface area (TPSA) is 88.4 Å². The molecular formula is C24H31N7O2. The van der Waals surface area contributed by atoms with Crippen LogP contribution in [-0.2, 0) is 24.3 Å². The van der Waals surface area contributed by atoms with Gasteiger partial charge in [0.2, 0.25) is 11.9 Å². The zero-order valence-corrected chi connectivity index (χ0v) is 19.7. The molecule has 1 saturated heterocycles. The summed E-state index contributed by atoms with van der Waals surface area (Å²) in [5, 5.41) is 8.77. The molecule has 0 unspecified atom stereocenters. The highest BCUT2D eigenvalue weighted by atomic mass is 16.5. The van der Waals surface area contributed by atoms with Crippen LogP contribution in [0.3, 0.4) is 0 Å². The van der Waals surface area contributed by atoms with E-state index in [1.807, 2.05) is 9.58 Å². The molecule has 1 fully saturated rings. The molecule has 4 heterocycles. The Morgan fingerprint density at radius 2 is 2.12 bits per heavy atom. The Balaban J connectivity index is 1.42. The van der Waals surface area contributed by atoms with Crippen LogP contribution >= 0.6 is 0 Å². The van der Waals surface area contributed by atoms with Crippen LogP contribution in [0.5, 0.6) is 5.75 Å². The van der Waals surface area contributed by atoms with Gasteiger partial charge in [-0.2, -0.15) is 10.1 Å². The molecule has 3 aromatic rings. The number of ether oxygens (including phenoxy) is 1. The Morgan fingerprint density at radius 3 is 2.91 bits per heavy atom. The lowest BCUT2D eigenvalue weighted by Crippen LogP contribution is -2.36. The molecule has 5 rings (SSSR count). The van der Waals surface area contributed by atoms with Crippen molar-refractivity contribution >= 4 is 28.6 Å². The summed E-state index contributed by atoms with van der Waals surface area (Å²) in [7, 11) is 3.82. The third-order valence-corrected chi connectivity index (χ3v) is 6.76. The molecule has 1 aromatic carbocycles. The normalized spacial score (nSPS) is 20.8. The number of carbonyl (C=O) groups is 1. The van der Waals surface area contributed by atoms with Gasteiger partial charge in [-0.25, -0.2) is 9.67 Å². The first-order valence-corrected chi connectivity index (χ1v) is 11.5. The van der Waals surface area contributed by atoms with Crippen LogP contribution in [0.4, 0.5) is 11.6 Å². The minimum Gasteiger partial charge on any atom is -0.495 e. The summed E-state index contributed by atoms with van der Waals surface area (Å²) in [6.45, 7) is 7.21. The van der Waals surface area contributed by atoms with Gasteiger partial charge in [-0.15, -0.1) is 0 Å². The highest BCUT2D eigenvalue weighted by molar-refractivity contribution is 5.76. The SMILES string of the molecule is COc1cc2c(cc1Nc1ncc3cnn(C[C@@H]4C[C@@H](C)CN4C(C)=O)c3n1)CN(C)CC2. The van der Waals surface area contributed by atoms with E-state index in [2.05, 4.69) is 46.4 Å². The second-order valence-electron chi connectivity index (χ2n) is 9.40. The smallest absolute Gasteiger partial charge is 0.229 e. The second-order valence-corrected chi connectivity index (χ2v) is 9.40. The van der Waals surface area contributed by atoms with Crippen molar-refractivity contribution in [2.45, 2.75) is 45.8 Å². The number of anilines is 2. The Bertz CT molecular complexity index is 1190. The summed E-state index contributed by atoms with van der Waals surface area (Å²) >= 11 is 0. The molecule has 174 valence electrons. The van der Waals surface area contributed by atoms with Gasteiger partial charge >= 0.3 is 0 Å². The quantitative estimate of drug-likeness (QED) is 0.641. The highest BCUT2D eigenvalue weighted by Gasteiger charge is 2.32. The number of fused-ring (bicyclic) bond motifs is 2. The lowest BCUT2D eigenvalue weighted by molar-refractivity contribution is -0.129. The second kappa shape index (κ2) is 8.62. The number of hydrogen-bond acceptors (Lipinski definition) is 7. The fourth-order valence-corrected chi connectivity index (χ4v) is 5.08. The Morgan fingerprint density at radius 1 is 1.27 bits per heavy atom. The van der Waals surface area contributed by atoms with E-state index in [0.29, 0.717) is 18.4 Å². The van der Waals surface area contributed by atoms with Crippen LogP contribution < -0.4 is 10.1 Å². The molecule has 9 heteroatoms. The fourth-order valence-electron chi connectivity index (χ4n) is 5.08. The number of carbonyl (C=O) groups excluding carboxylic acids is 1. The number of nitrogens with one attached hydrogen (secondary N) is 1. The number of methoxy groups -OCH3 is 1. The molecule has 2 aromatic heterocycles. The maximum absolute atomic E-state index is 12.1. The van der Waals surface area contributed by atoms with Crippen LogP contribution in [0, 0.1) is 5.92 Å². The maximum Gasteiger partial charge on any atom is 0.229 e. The average molecular weight is 450 g/mol. The van der Waals surface area contributed by atoms with Crippen LogP contribution in [0.25, 0.3) is 11.0 Å². The molecule has 0 spiro atoms. The summed E-state index contributed by atoms with van der Waals surface area (Å²) in [5.41, 5.74) is 4.22. The van der Waals surface area contributed by atoms with E-state index >= 15 is 0 Å². The van der Waals surface area contributed by atoms with Crippen molar-refractivity contribution in [1.29, 1.82) is 0 Å². The van der Waals surface area contributed by atoms with Gasteiger partial charge in [0.15, 0.2) is 5.65 Å². The van der Waals surface area contributed by atoms with Crippen molar-refractivity contribution in [3.05, 3.63) is 35.7 Å². The average Bonchev–Trinajstić information content (AvgIpc) is 3.36. The number of nitrogens with zero attached hydrogens (tertiary/aromatic N) is 6. The number of likely N-dealkylation sites (N-methyl/N-ethyl adjacent to an activating group) is 1. The van der Waals surface area contributed by atoms with Crippen molar-refractivity contribution in [3.63, 3.8) is 0 Å². The number of aromatic nitrogens is 4. The maximum atomic E-state index is 12.1. The molecule has 0 aliphatic carbocycles. The molecule has 2 aliphatic rings. The Hall–Kier alpha value is -3.20. The minimum absolute atomic E-state index is 0.114. The summed E-state index contributed by atoms with van der Waals surface area (Å²) in [4.78, 5) is 25.6. The molecule has 2 aliphatic heterocycles. The molecule has 0 radical (unpaired) electrons. The van der Waals surface area contributed by atoms with Gasteiger partial charge in [-0.3, -0.25) is 4.79 Å². The van der Waals surface area contributed by atoms with Crippen LogP contribution in [-0.4, -0.2) is 68.7 Å². The molecule has 0 saturated carbocycles. The third kappa shape index (κ3) is 4.25. The van der Waals surface area contributed by atoms with Crippen molar-refractivity contribution in [2.24, 2.45) is 5.92 Å². The summed E-state index contributed by atoms with van der Waals surface area (Å²) in [6, 6.07) is 4.38. The predicted octanol–water partition coefficient (Wildman–Crippen LogP) is 2.82. The standard InChI is InChI=1S/C24H31N7O2/c1-15-7-20(30(12-15)16(2)32)14-31-23-19(11-26-31)10-25-24(28-23)27-21-8-18-13-29(3)6-5-17(18)9-22(21)33-4/h8-11,15,20H,5-7,12-14H2,1-4H3,(H,25,27,28)/t15-,20+/m1/s1.